The number of nitrogens with zero attached hydrogens (tertiary/aromatic N) is 1. The number of hydrogen-bond acceptors (Lipinski definition) is 4. The molecule has 1 saturated carbocycles. The minimum Gasteiger partial charge on any atom is -0.383 e. The fourth-order valence-electron chi connectivity index (χ4n) is 3.59. The average molecular weight is 277 g/mol. The SMILES string of the molecule is CCOC1(C(NC)c2c(C)ccnc2N)CCCCC1. The Labute approximate surface area is 122 Å². The molecule has 1 aromatic heterocycles. The zero-order valence-corrected chi connectivity index (χ0v) is 12.9. The summed E-state index contributed by atoms with van der Waals surface area (Å²) in [6.07, 6.45) is 7.68. The number of anilines is 1. The van der Waals surface area contributed by atoms with Crippen LogP contribution >= 0.6 is 0 Å². The fraction of sp³-hybridized carbons (Fsp3) is 0.688. The van der Waals surface area contributed by atoms with Crippen molar-refractivity contribution >= 4 is 5.82 Å². The molecule has 2 rings (SSSR count). The van der Waals surface area contributed by atoms with Crippen LogP contribution in [0.1, 0.15) is 56.2 Å². The van der Waals surface area contributed by atoms with Gasteiger partial charge in [-0.1, -0.05) is 19.3 Å². The standard InChI is InChI=1S/C16H27N3O/c1-4-20-16(9-6-5-7-10-16)14(18-3)13-12(2)8-11-19-15(13)17/h8,11,14,18H,4-7,9-10H2,1-3H3,(H2,17,19). The molecule has 0 aliphatic heterocycles. The first-order valence-corrected chi connectivity index (χ1v) is 7.67. The second kappa shape index (κ2) is 6.55. The molecule has 20 heavy (non-hydrogen) atoms. The summed E-state index contributed by atoms with van der Waals surface area (Å²) in [4.78, 5) is 4.28. The lowest BCUT2D eigenvalue weighted by Gasteiger charge is -2.44. The second-order valence-electron chi connectivity index (χ2n) is 5.71. The molecule has 1 unspecified atom stereocenters. The Bertz CT molecular complexity index is 416. The third kappa shape index (κ3) is 2.81. The minimum absolute atomic E-state index is 0.108. The highest BCUT2D eigenvalue weighted by Gasteiger charge is 2.42. The zero-order chi connectivity index (χ0) is 14.6. The molecule has 3 N–H and O–H groups in total. The molecule has 1 heterocycles. The van der Waals surface area contributed by atoms with Crippen molar-refractivity contribution in [2.45, 2.75) is 57.6 Å². The normalized spacial score (nSPS) is 19.8. The Balaban J connectivity index is 2.42. The molecule has 112 valence electrons. The second-order valence-corrected chi connectivity index (χ2v) is 5.71. The van der Waals surface area contributed by atoms with Crippen LogP contribution in [0.4, 0.5) is 5.82 Å². The number of pyridine rings is 1. The monoisotopic (exact) mass is 277 g/mol. The summed E-state index contributed by atoms with van der Waals surface area (Å²) in [5.74, 6) is 0.619. The summed E-state index contributed by atoms with van der Waals surface area (Å²) in [6.45, 7) is 4.90. The van der Waals surface area contributed by atoms with Gasteiger partial charge in [-0.3, -0.25) is 0 Å². The summed E-state index contributed by atoms with van der Waals surface area (Å²) in [5.41, 5.74) is 8.29. The van der Waals surface area contributed by atoms with E-state index in [0.717, 1.165) is 25.0 Å². The van der Waals surface area contributed by atoms with Crippen LogP contribution in [0.5, 0.6) is 0 Å². The van der Waals surface area contributed by atoms with Crippen LogP contribution in [0.2, 0.25) is 0 Å². The first kappa shape index (κ1) is 15.3. The highest BCUT2D eigenvalue weighted by molar-refractivity contribution is 5.47. The maximum Gasteiger partial charge on any atom is 0.128 e. The molecule has 1 fully saturated rings. The van der Waals surface area contributed by atoms with Gasteiger partial charge in [0.2, 0.25) is 0 Å². The van der Waals surface area contributed by atoms with E-state index in [9.17, 15) is 0 Å². The van der Waals surface area contributed by atoms with E-state index >= 15 is 0 Å². The van der Waals surface area contributed by atoms with Crippen molar-refractivity contribution in [1.29, 1.82) is 0 Å². The highest BCUT2D eigenvalue weighted by atomic mass is 16.5. The smallest absolute Gasteiger partial charge is 0.128 e. The van der Waals surface area contributed by atoms with Gasteiger partial charge in [-0.15, -0.1) is 0 Å². The van der Waals surface area contributed by atoms with Crippen molar-refractivity contribution < 1.29 is 4.74 Å². The van der Waals surface area contributed by atoms with Crippen LogP contribution in [0, 0.1) is 6.92 Å². The number of nitrogens with one attached hydrogen (secondary N) is 1. The van der Waals surface area contributed by atoms with Crippen LogP contribution in [0.3, 0.4) is 0 Å². The molecule has 4 heteroatoms. The van der Waals surface area contributed by atoms with Crippen LogP contribution < -0.4 is 11.1 Å². The van der Waals surface area contributed by atoms with Crippen molar-refractivity contribution in [3.8, 4) is 0 Å². The number of nitrogens with two attached hydrogens (primary N) is 1. The van der Waals surface area contributed by atoms with E-state index < -0.39 is 0 Å². The van der Waals surface area contributed by atoms with Gasteiger partial charge in [0, 0.05) is 18.4 Å². The molecular weight excluding hydrogens is 250 g/mol. The van der Waals surface area contributed by atoms with E-state index in [0.29, 0.717) is 5.82 Å². The Kier molecular flexibility index (Phi) is 5.00. The van der Waals surface area contributed by atoms with Gasteiger partial charge >= 0.3 is 0 Å². The summed E-state index contributed by atoms with van der Waals surface area (Å²) in [5, 5.41) is 3.45. The molecule has 0 radical (unpaired) electrons. The number of aromatic nitrogens is 1. The fourth-order valence-corrected chi connectivity index (χ4v) is 3.59. The molecule has 4 nitrogen and oxygen atoms in total. The summed E-state index contributed by atoms with van der Waals surface area (Å²) >= 11 is 0. The summed E-state index contributed by atoms with van der Waals surface area (Å²) in [7, 11) is 1.99. The van der Waals surface area contributed by atoms with Gasteiger partial charge in [-0.2, -0.15) is 0 Å². The van der Waals surface area contributed by atoms with E-state index in [-0.39, 0.29) is 11.6 Å². The summed E-state index contributed by atoms with van der Waals surface area (Å²) in [6, 6.07) is 2.13. The van der Waals surface area contributed by atoms with Gasteiger partial charge in [0.1, 0.15) is 5.82 Å². The molecule has 0 saturated heterocycles. The van der Waals surface area contributed by atoms with E-state index in [4.69, 9.17) is 10.5 Å². The van der Waals surface area contributed by atoms with Gasteiger partial charge in [0.15, 0.2) is 0 Å². The molecule has 1 aliphatic carbocycles. The van der Waals surface area contributed by atoms with Crippen molar-refractivity contribution in [1.82, 2.24) is 10.3 Å². The van der Waals surface area contributed by atoms with Gasteiger partial charge in [-0.05, 0) is 45.4 Å². The Morgan fingerprint density at radius 3 is 2.65 bits per heavy atom. The van der Waals surface area contributed by atoms with E-state index in [1.54, 1.807) is 6.20 Å². The van der Waals surface area contributed by atoms with Crippen LogP contribution in [0.25, 0.3) is 0 Å². The maximum absolute atomic E-state index is 6.24. The van der Waals surface area contributed by atoms with E-state index in [2.05, 4.69) is 24.1 Å². The van der Waals surface area contributed by atoms with Gasteiger partial charge in [-0.25, -0.2) is 4.98 Å². The minimum atomic E-state index is -0.149. The van der Waals surface area contributed by atoms with Gasteiger partial charge < -0.3 is 15.8 Å². The summed E-state index contributed by atoms with van der Waals surface area (Å²) < 4.78 is 6.24. The molecule has 1 atom stereocenters. The number of rotatable bonds is 5. The Morgan fingerprint density at radius 1 is 1.40 bits per heavy atom. The van der Waals surface area contributed by atoms with Gasteiger partial charge in [0.25, 0.3) is 0 Å². The van der Waals surface area contributed by atoms with Crippen LogP contribution in [-0.2, 0) is 4.74 Å². The molecule has 0 aromatic carbocycles. The van der Waals surface area contributed by atoms with Crippen molar-refractivity contribution in [2.75, 3.05) is 19.4 Å². The van der Waals surface area contributed by atoms with Crippen molar-refractivity contribution in [2.24, 2.45) is 0 Å². The predicted molar refractivity (Wildman–Crippen MR) is 82.6 cm³/mol. The largest absolute Gasteiger partial charge is 0.383 e. The molecule has 0 amide bonds. The Morgan fingerprint density at radius 2 is 2.10 bits per heavy atom. The van der Waals surface area contributed by atoms with E-state index in [1.807, 2.05) is 13.1 Å². The zero-order valence-electron chi connectivity index (χ0n) is 12.9. The maximum atomic E-state index is 6.24. The first-order chi connectivity index (χ1) is 9.64. The molecule has 1 aliphatic rings. The third-order valence-corrected chi connectivity index (χ3v) is 4.47. The Hall–Kier alpha value is -1.13. The number of ether oxygens (including phenoxy) is 1. The topological polar surface area (TPSA) is 60.2 Å². The van der Waals surface area contributed by atoms with Crippen LogP contribution in [-0.4, -0.2) is 24.2 Å². The van der Waals surface area contributed by atoms with Crippen LogP contribution in [0.15, 0.2) is 12.3 Å². The van der Waals surface area contributed by atoms with Crippen molar-refractivity contribution in [3.05, 3.63) is 23.4 Å². The lowest BCUT2D eigenvalue weighted by atomic mass is 9.76. The van der Waals surface area contributed by atoms with E-state index in [1.165, 1.54) is 24.8 Å². The number of likely N-dealkylation sites (N-methyl/N-ethyl adjacent to an activating group) is 1. The quantitative estimate of drug-likeness (QED) is 0.868. The molecule has 1 aromatic rings. The lowest BCUT2D eigenvalue weighted by Crippen LogP contribution is -2.47. The van der Waals surface area contributed by atoms with Gasteiger partial charge in [0.05, 0.1) is 11.6 Å². The average Bonchev–Trinajstić information content (AvgIpc) is 2.44. The molecular formula is C16H27N3O. The first-order valence-electron chi connectivity index (χ1n) is 7.67. The number of nitrogen functional groups attached to an aromatic ring is 1. The lowest BCUT2D eigenvalue weighted by molar-refractivity contribution is -0.0898. The van der Waals surface area contributed by atoms with Crippen molar-refractivity contribution in [3.63, 3.8) is 0 Å². The predicted octanol–water partition coefficient (Wildman–Crippen LogP) is 2.97. The number of aryl methyl sites for hydroxylation is 1. The highest BCUT2D eigenvalue weighted by Crippen LogP contribution is 2.43. The molecule has 0 spiro atoms. The third-order valence-electron chi connectivity index (χ3n) is 4.47. The number of hydrogen-bond donors (Lipinski definition) is 2. The molecule has 0 bridgehead atoms.